The number of hydrogen-bond acceptors (Lipinski definition) is 3. The molecule has 1 atom stereocenters. The van der Waals surface area contributed by atoms with Crippen LogP contribution in [0.3, 0.4) is 0 Å². The van der Waals surface area contributed by atoms with Crippen LogP contribution in [0.4, 0.5) is 5.69 Å². The fourth-order valence-corrected chi connectivity index (χ4v) is 3.85. The molecule has 0 aliphatic carbocycles. The second kappa shape index (κ2) is 5.26. The first-order valence-corrected chi connectivity index (χ1v) is 8.65. The minimum absolute atomic E-state index is 0.200. The van der Waals surface area contributed by atoms with Gasteiger partial charge in [0, 0.05) is 22.2 Å². The van der Waals surface area contributed by atoms with E-state index in [9.17, 15) is 0 Å². The van der Waals surface area contributed by atoms with Crippen LogP contribution >= 0.6 is 22.6 Å². The van der Waals surface area contributed by atoms with Gasteiger partial charge in [0.1, 0.15) is 11.6 Å². The molecule has 0 saturated heterocycles. The van der Waals surface area contributed by atoms with E-state index >= 15 is 0 Å². The summed E-state index contributed by atoms with van der Waals surface area (Å²) in [5, 5.41) is 0. The number of hydrogen-bond donors (Lipinski definition) is 0. The highest BCUT2D eigenvalue weighted by Gasteiger charge is 2.33. The van der Waals surface area contributed by atoms with E-state index in [1.54, 1.807) is 0 Å². The van der Waals surface area contributed by atoms with Crippen molar-refractivity contribution >= 4 is 39.4 Å². The van der Waals surface area contributed by atoms with E-state index in [1.165, 1.54) is 20.4 Å². The van der Waals surface area contributed by atoms with Gasteiger partial charge >= 0.3 is 0 Å². The minimum atomic E-state index is 0.200. The van der Waals surface area contributed by atoms with E-state index in [1.807, 2.05) is 6.07 Å². The first-order chi connectivity index (χ1) is 10.7. The van der Waals surface area contributed by atoms with E-state index in [-0.39, 0.29) is 6.04 Å². The molecule has 22 heavy (non-hydrogen) atoms. The van der Waals surface area contributed by atoms with Gasteiger partial charge in [-0.05, 0) is 77.9 Å². The number of rotatable bonds is 2. The van der Waals surface area contributed by atoms with Crippen LogP contribution in [0.5, 0.6) is 0 Å². The number of aromatic nitrogens is 1. The summed E-state index contributed by atoms with van der Waals surface area (Å²) in [6, 6.07) is 13.0. The molecule has 2 aromatic carbocycles. The third-order valence-corrected chi connectivity index (χ3v) is 5.00. The van der Waals surface area contributed by atoms with E-state index in [2.05, 4.69) is 71.7 Å². The Kier molecular flexibility index (Phi) is 3.36. The number of aryl methyl sites for hydroxylation is 1. The Morgan fingerprint density at radius 3 is 2.95 bits per heavy atom. The Bertz CT molecular complexity index is 855. The number of oxazole rings is 1. The van der Waals surface area contributed by atoms with Gasteiger partial charge in [-0.2, -0.15) is 0 Å². The maximum Gasteiger partial charge on any atom is 0.218 e. The molecule has 2 heterocycles. The number of nitrogens with zero attached hydrogens (tertiary/aromatic N) is 2. The van der Waals surface area contributed by atoms with Crippen LogP contribution in [-0.2, 0) is 6.42 Å². The highest BCUT2D eigenvalue weighted by molar-refractivity contribution is 14.1. The zero-order valence-corrected chi connectivity index (χ0v) is 14.8. The monoisotopic (exact) mass is 404 g/mol. The molecule has 1 aromatic heterocycles. The van der Waals surface area contributed by atoms with Gasteiger partial charge in [-0.25, -0.2) is 4.98 Å². The van der Waals surface area contributed by atoms with Crippen molar-refractivity contribution in [3.8, 4) is 0 Å². The lowest BCUT2D eigenvalue weighted by Crippen LogP contribution is -2.24. The van der Waals surface area contributed by atoms with Crippen molar-refractivity contribution in [3.63, 3.8) is 0 Å². The molecule has 3 nitrogen and oxygen atoms in total. The maximum atomic E-state index is 6.05. The molecular weight excluding hydrogens is 387 g/mol. The van der Waals surface area contributed by atoms with Gasteiger partial charge < -0.3 is 9.32 Å². The quantitative estimate of drug-likeness (QED) is 0.571. The van der Waals surface area contributed by atoms with Crippen LogP contribution in [0.1, 0.15) is 30.0 Å². The first-order valence-electron chi connectivity index (χ1n) is 7.58. The highest BCUT2D eigenvalue weighted by Crippen LogP contribution is 2.41. The Hall–Kier alpha value is -1.56. The molecule has 1 aliphatic rings. The van der Waals surface area contributed by atoms with Crippen molar-refractivity contribution in [2.24, 2.45) is 0 Å². The Balaban J connectivity index is 1.78. The summed E-state index contributed by atoms with van der Waals surface area (Å²) in [5.41, 5.74) is 5.74. The predicted molar refractivity (Wildman–Crippen MR) is 97.4 cm³/mol. The van der Waals surface area contributed by atoms with Crippen molar-refractivity contribution in [2.75, 3.05) is 11.4 Å². The standard InChI is InChI=1S/C18H17IN2O/c1-3-21-15-6-5-13(19)9-12(15)10-16(21)18-20-14-8-11(2)4-7-17(14)22-18/h4-9,16H,3,10H2,1-2H3. The molecule has 0 fully saturated rings. The van der Waals surface area contributed by atoms with E-state index in [0.29, 0.717) is 0 Å². The molecule has 112 valence electrons. The molecule has 0 radical (unpaired) electrons. The number of likely N-dealkylation sites (N-methyl/N-ethyl adjacent to an activating group) is 1. The number of halogens is 1. The Morgan fingerprint density at radius 1 is 1.27 bits per heavy atom. The van der Waals surface area contributed by atoms with Crippen LogP contribution in [0.15, 0.2) is 40.8 Å². The molecule has 0 spiro atoms. The number of anilines is 1. The third-order valence-electron chi connectivity index (χ3n) is 4.33. The molecule has 1 unspecified atom stereocenters. The fraction of sp³-hybridized carbons (Fsp3) is 0.278. The Labute approximate surface area is 143 Å². The second-order valence-electron chi connectivity index (χ2n) is 5.80. The van der Waals surface area contributed by atoms with Crippen molar-refractivity contribution < 1.29 is 4.42 Å². The summed E-state index contributed by atoms with van der Waals surface area (Å²) in [7, 11) is 0. The van der Waals surface area contributed by atoms with Crippen LogP contribution in [-0.4, -0.2) is 11.5 Å². The van der Waals surface area contributed by atoms with Gasteiger partial charge in [-0.15, -0.1) is 0 Å². The molecular formula is C18H17IN2O. The van der Waals surface area contributed by atoms with Crippen molar-refractivity contribution in [2.45, 2.75) is 26.3 Å². The van der Waals surface area contributed by atoms with Crippen LogP contribution in [0.2, 0.25) is 0 Å². The molecule has 0 bridgehead atoms. The van der Waals surface area contributed by atoms with Gasteiger partial charge in [0.2, 0.25) is 5.89 Å². The van der Waals surface area contributed by atoms with Gasteiger partial charge in [-0.1, -0.05) is 6.07 Å². The van der Waals surface area contributed by atoms with Crippen LogP contribution in [0, 0.1) is 10.5 Å². The van der Waals surface area contributed by atoms with Crippen molar-refractivity contribution in [1.29, 1.82) is 0 Å². The lowest BCUT2D eigenvalue weighted by Gasteiger charge is -2.23. The molecule has 3 aromatic rings. The average molecular weight is 404 g/mol. The fourth-order valence-electron chi connectivity index (χ4n) is 3.29. The summed E-state index contributed by atoms with van der Waals surface area (Å²) in [5.74, 6) is 0.827. The highest BCUT2D eigenvalue weighted by atomic mass is 127. The lowest BCUT2D eigenvalue weighted by atomic mass is 10.1. The van der Waals surface area contributed by atoms with Gasteiger partial charge in [-0.3, -0.25) is 0 Å². The second-order valence-corrected chi connectivity index (χ2v) is 7.05. The zero-order valence-electron chi connectivity index (χ0n) is 12.6. The topological polar surface area (TPSA) is 29.3 Å². The molecule has 0 N–H and O–H groups in total. The van der Waals surface area contributed by atoms with E-state index in [0.717, 1.165) is 30.0 Å². The molecule has 1 aliphatic heterocycles. The lowest BCUT2D eigenvalue weighted by molar-refractivity contribution is 0.467. The van der Waals surface area contributed by atoms with Gasteiger partial charge in [0.05, 0.1) is 0 Å². The largest absolute Gasteiger partial charge is 0.438 e. The smallest absolute Gasteiger partial charge is 0.218 e. The normalized spacial score (nSPS) is 17.2. The summed E-state index contributed by atoms with van der Waals surface area (Å²) < 4.78 is 7.32. The summed E-state index contributed by atoms with van der Waals surface area (Å²) in [6.07, 6.45) is 0.964. The molecule has 4 heteroatoms. The van der Waals surface area contributed by atoms with Crippen LogP contribution < -0.4 is 4.90 Å². The third kappa shape index (κ3) is 2.20. The predicted octanol–water partition coefficient (Wildman–Crippen LogP) is 4.86. The maximum absolute atomic E-state index is 6.05. The summed E-state index contributed by atoms with van der Waals surface area (Å²) >= 11 is 2.37. The van der Waals surface area contributed by atoms with Crippen molar-refractivity contribution in [1.82, 2.24) is 4.98 Å². The molecule has 0 saturated carbocycles. The van der Waals surface area contributed by atoms with Gasteiger partial charge in [0.25, 0.3) is 0 Å². The zero-order chi connectivity index (χ0) is 15.3. The summed E-state index contributed by atoms with van der Waals surface area (Å²) in [4.78, 5) is 7.14. The number of benzene rings is 2. The molecule has 4 rings (SSSR count). The SMILES string of the molecule is CCN1c2ccc(I)cc2CC1c1nc2cc(C)ccc2o1. The van der Waals surface area contributed by atoms with Crippen molar-refractivity contribution in [3.05, 3.63) is 57.0 Å². The molecule has 0 amide bonds. The van der Waals surface area contributed by atoms with Crippen LogP contribution in [0.25, 0.3) is 11.1 Å². The number of fused-ring (bicyclic) bond motifs is 2. The first kappa shape index (κ1) is 14.1. The average Bonchev–Trinajstić information content (AvgIpc) is 3.06. The minimum Gasteiger partial charge on any atom is -0.438 e. The van der Waals surface area contributed by atoms with Gasteiger partial charge in [0.15, 0.2) is 5.58 Å². The van der Waals surface area contributed by atoms with E-state index in [4.69, 9.17) is 9.40 Å². The van der Waals surface area contributed by atoms with E-state index < -0.39 is 0 Å². The Morgan fingerprint density at radius 2 is 2.14 bits per heavy atom. The summed E-state index contributed by atoms with van der Waals surface area (Å²) in [6.45, 7) is 5.22.